The number of hydrogen-bond acceptors (Lipinski definition) is 10. The first kappa shape index (κ1) is 34.4. The average Bonchev–Trinajstić information content (AvgIpc) is 3.53. The molecule has 1 saturated heterocycles. The minimum absolute atomic E-state index is 0.205. The molecule has 1 aromatic carbocycles. The smallest absolute Gasteiger partial charge is 0.325 e. The molecule has 3 aromatic rings. The number of aliphatic hydroxyl groups is 1. The van der Waals surface area contributed by atoms with Crippen molar-refractivity contribution in [1.29, 1.82) is 0 Å². The molecule has 3 N–H and O–H groups in total. The molecule has 13 nitrogen and oxygen atoms in total. The summed E-state index contributed by atoms with van der Waals surface area (Å²) in [6.07, 6.45) is 8.91. The number of aromatic nitrogens is 4. The molecule has 3 heterocycles. The number of nitrogens with zero attached hydrogens (tertiary/aromatic N) is 5. The number of amides is 2. The average molecular weight is 634 g/mol. The minimum atomic E-state index is -0.806. The Labute approximate surface area is 268 Å². The van der Waals surface area contributed by atoms with Crippen molar-refractivity contribution in [3.63, 3.8) is 0 Å². The fraction of sp³-hybridized carbons (Fsp3) is 0.485. The third-order valence-corrected chi connectivity index (χ3v) is 7.97. The van der Waals surface area contributed by atoms with Crippen LogP contribution in [0.2, 0.25) is 0 Å². The number of aliphatic hydroxyl groups excluding tert-OH is 1. The van der Waals surface area contributed by atoms with Crippen molar-refractivity contribution in [2.45, 2.75) is 85.2 Å². The largest absolute Gasteiger partial charge is 0.457 e. The monoisotopic (exact) mass is 633 g/mol. The van der Waals surface area contributed by atoms with Crippen LogP contribution in [0.3, 0.4) is 0 Å². The number of nitrogens with one attached hydrogen (secondary N) is 2. The molecular weight excluding hydrogens is 590 g/mol. The molecule has 0 saturated carbocycles. The molecule has 4 atom stereocenters. The van der Waals surface area contributed by atoms with Crippen LogP contribution in [0.5, 0.6) is 0 Å². The zero-order chi connectivity index (χ0) is 33.4. The molecule has 2 aromatic heterocycles. The van der Waals surface area contributed by atoms with E-state index >= 15 is 0 Å². The summed E-state index contributed by atoms with van der Waals surface area (Å²) < 4.78 is 7.38. The number of aldehydes is 1. The van der Waals surface area contributed by atoms with Gasteiger partial charge in [-0.1, -0.05) is 30.3 Å². The summed E-state index contributed by atoms with van der Waals surface area (Å²) in [5.41, 5.74) is 4.37. The molecule has 0 unspecified atom stereocenters. The first-order valence-corrected chi connectivity index (χ1v) is 15.5. The van der Waals surface area contributed by atoms with E-state index in [1.165, 1.54) is 5.01 Å². The van der Waals surface area contributed by atoms with E-state index in [4.69, 9.17) is 9.84 Å². The summed E-state index contributed by atoms with van der Waals surface area (Å²) in [4.78, 5) is 54.8. The lowest BCUT2D eigenvalue weighted by Crippen LogP contribution is -2.59. The maximum Gasteiger partial charge on any atom is 0.325 e. The number of benzene rings is 1. The van der Waals surface area contributed by atoms with Crippen molar-refractivity contribution in [3.05, 3.63) is 59.7 Å². The van der Waals surface area contributed by atoms with Gasteiger partial charge in [-0.3, -0.25) is 29.1 Å². The molecule has 13 heteroatoms. The summed E-state index contributed by atoms with van der Waals surface area (Å²) in [5, 5.41) is 22.9. The Morgan fingerprint density at radius 3 is 2.70 bits per heavy atom. The van der Waals surface area contributed by atoms with Gasteiger partial charge in [-0.2, -0.15) is 0 Å². The van der Waals surface area contributed by atoms with Gasteiger partial charge in [0.2, 0.25) is 5.91 Å². The molecule has 0 radical (unpaired) electrons. The summed E-state index contributed by atoms with van der Waals surface area (Å²) in [6, 6.07) is 6.16. The first-order chi connectivity index (χ1) is 21.9. The lowest BCUT2D eigenvalue weighted by Gasteiger charge is -2.34. The number of allylic oxidation sites excluding steroid dienone is 1. The zero-order valence-corrected chi connectivity index (χ0v) is 27.0. The zero-order valence-electron chi connectivity index (χ0n) is 27.0. The third-order valence-electron chi connectivity index (χ3n) is 7.97. The maximum absolute atomic E-state index is 13.2. The molecule has 4 rings (SSSR count). The number of hydrogen-bond donors (Lipinski definition) is 3. The SMILES string of the molecule is C[C@H](NC(=O)[C@@H](C)CCn1cc(CO)nn1)C(=O)N1CCC[C@@H](C(=O)O[C@H](C)c2ccc3cnc(/C=C/C(C)(C)C=O)cc3c2)N1. The topological polar surface area (TPSA) is 169 Å². The Morgan fingerprint density at radius 2 is 1.98 bits per heavy atom. The van der Waals surface area contributed by atoms with Crippen molar-refractivity contribution in [3.8, 4) is 0 Å². The summed E-state index contributed by atoms with van der Waals surface area (Å²) >= 11 is 0. The van der Waals surface area contributed by atoms with Gasteiger partial charge in [0.1, 0.15) is 30.2 Å². The van der Waals surface area contributed by atoms with Gasteiger partial charge >= 0.3 is 5.97 Å². The number of carbonyl (C=O) groups excluding carboxylic acids is 4. The Balaban J connectivity index is 1.30. The molecule has 1 aliphatic rings. The van der Waals surface area contributed by atoms with Crippen LogP contribution < -0.4 is 10.7 Å². The molecule has 0 spiro atoms. The molecule has 46 heavy (non-hydrogen) atoms. The van der Waals surface area contributed by atoms with Crippen LogP contribution in [0.4, 0.5) is 0 Å². The van der Waals surface area contributed by atoms with Crippen LogP contribution in [0.1, 0.15) is 76.9 Å². The van der Waals surface area contributed by atoms with E-state index in [0.717, 1.165) is 22.6 Å². The molecule has 0 bridgehead atoms. The number of esters is 1. The Kier molecular flexibility index (Phi) is 11.4. The van der Waals surface area contributed by atoms with Gasteiger partial charge in [-0.15, -0.1) is 5.10 Å². The highest BCUT2D eigenvalue weighted by Gasteiger charge is 2.32. The molecule has 1 fully saturated rings. The first-order valence-electron chi connectivity index (χ1n) is 15.5. The van der Waals surface area contributed by atoms with Crippen molar-refractivity contribution < 1.29 is 29.0 Å². The Morgan fingerprint density at radius 1 is 1.20 bits per heavy atom. The van der Waals surface area contributed by atoms with Crippen molar-refractivity contribution in [2.24, 2.45) is 11.3 Å². The Bertz CT molecular complexity index is 1590. The molecule has 0 aliphatic carbocycles. The van der Waals surface area contributed by atoms with E-state index in [-0.39, 0.29) is 24.3 Å². The van der Waals surface area contributed by atoms with Gasteiger partial charge in [-0.25, -0.2) is 5.43 Å². The second kappa shape index (κ2) is 15.2. The van der Waals surface area contributed by atoms with Crippen molar-refractivity contribution in [1.82, 2.24) is 35.7 Å². The van der Waals surface area contributed by atoms with E-state index in [9.17, 15) is 19.2 Å². The quantitative estimate of drug-likeness (QED) is 0.188. The lowest BCUT2D eigenvalue weighted by molar-refractivity contribution is -0.157. The van der Waals surface area contributed by atoms with Crippen molar-refractivity contribution in [2.75, 3.05) is 6.54 Å². The van der Waals surface area contributed by atoms with Crippen LogP contribution in [0, 0.1) is 11.3 Å². The highest BCUT2D eigenvalue weighted by Crippen LogP contribution is 2.25. The number of ether oxygens (including phenoxy) is 1. The number of aryl methyl sites for hydroxylation is 1. The summed E-state index contributed by atoms with van der Waals surface area (Å²) in [7, 11) is 0. The van der Waals surface area contributed by atoms with E-state index in [2.05, 4.69) is 26.0 Å². The molecule has 246 valence electrons. The number of fused-ring (bicyclic) bond motifs is 1. The van der Waals surface area contributed by atoms with E-state index in [1.54, 1.807) is 43.9 Å². The van der Waals surface area contributed by atoms with Gasteiger partial charge < -0.3 is 20.0 Å². The maximum atomic E-state index is 13.2. The summed E-state index contributed by atoms with van der Waals surface area (Å²) in [5.74, 6) is -1.48. The van der Waals surface area contributed by atoms with Crippen LogP contribution in [0.15, 0.2) is 42.7 Å². The second-order valence-corrected chi connectivity index (χ2v) is 12.4. The number of pyridine rings is 1. The van der Waals surface area contributed by atoms with Gasteiger partial charge in [-0.05, 0) is 76.1 Å². The van der Waals surface area contributed by atoms with Crippen LogP contribution >= 0.6 is 0 Å². The van der Waals surface area contributed by atoms with Crippen LogP contribution in [-0.2, 0) is 37.1 Å². The highest BCUT2D eigenvalue weighted by atomic mass is 16.5. The standard InChI is InChI=1S/C33H43N7O6/c1-21(11-14-39-18-28(19-41)36-38-39)30(43)35-22(2)31(44)40-13-6-7-29(37-40)32(45)46-23(3)24-8-9-25-17-34-27(16-26(25)15-24)10-12-33(4,5)20-42/h8-10,12,15-18,20-23,29,37,41H,6-7,11,13-14,19H2,1-5H3,(H,35,43)/b12-10+/t21-,22-,23+,29-/m0/s1. The number of hydrazine groups is 1. The van der Waals surface area contributed by atoms with E-state index in [0.29, 0.717) is 43.7 Å². The predicted molar refractivity (Wildman–Crippen MR) is 170 cm³/mol. The molecule has 1 aliphatic heterocycles. The predicted octanol–water partition coefficient (Wildman–Crippen LogP) is 2.89. The molecule has 2 amide bonds. The minimum Gasteiger partial charge on any atom is -0.457 e. The second-order valence-electron chi connectivity index (χ2n) is 12.4. The third kappa shape index (κ3) is 9.04. The van der Waals surface area contributed by atoms with Crippen molar-refractivity contribution >= 4 is 40.9 Å². The molecular formula is C33H43N7O6. The number of carbonyl (C=O) groups is 4. The van der Waals surface area contributed by atoms with Gasteiger partial charge in [0.05, 0.1) is 18.5 Å². The Hall–Kier alpha value is -4.49. The van der Waals surface area contributed by atoms with E-state index < -0.39 is 29.6 Å². The lowest BCUT2D eigenvalue weighted by atomic mass is 9.95. The fourth-order valence-corrected chi connectivity index (χ4v) is 4.93. The van der Waals surface area contributed by atoms with Crippen LogP contribution in [0.25, 0.3) is 16.8 Å². The van der Waals surface area contributed by atoms with Gasteiger partial charge in [0.25, 0.3) is 5.91 Å². The van der Waals surface area contributed by atoms with Gasteiger partial charge in [0.15, 0.2) is 0 Å². The highest BCUT2D eigenvalue weighted by molar-refractivity contribution is 5.88. The van der Waals surface area contributed by atoms with E-state index in [1.807, 2.05) is 44.2 Å². The summed E-state index contributed by atoms with van der Waals surface area (Å²) in [6.45, 7) is 9.45. The van der Waals surface area contributed by atoms with Gasteiger partial charge in [0, 0.05) is 36.0 Å². The number of rotatable bonds is 13. The fourth-order valence-electron chi connectivity index (χ4n) is 4.93. The normalized spacial score (nSPS) is 17.4. The van der Waals surface area contributed by atoms with Crippen LogP contribution in [-0.4, -0.2) is 72.8 Å².